The molecular weight excluding hydrogens is 193 g/mol. The molecule has 0 amide bonds. The minimum atomic E-state index is -4.43. The van der Waals surface area contributed by atoms with Gasteiger partial charge in [-0.05, 0) is 30.2 Å². The topological polar surface area (TPSA) is 20.2 Å². The molecule has 0 unspecified atom stereocenters. The van der Waals surface area contributed by atoms with Gasteiger partial charge in [-0.15, -0.1) is 0 Å². The van der Waals surface area contributed by atoms with Crippen LogP contribution in [-0.4, -0.2) is 11.3 Å². The molecule has 0 bridgehead atoms. The number of phenolic OH excluding ortho intramolecular Hbond substituents is 1. The number of allylic oxidation sites excluding steroid dienone is 1. The fourth-order valence-electron chi connectivity index (χ4n) is 1.14. The van der Waals surface area contributed by atoms with Gasteiger partial charge in [-0.2, -0.15) is 13.2 Å². The number of hydrogen-bond donors (Lipinski definition) is 1. The Hall–Kier alpha value is -1.45. The number of benzene rings is 1. The fourth-order valence-corrected chi connectivity index (χ4v) is 1.14. The molecule has 0 saturated heterocycles. The van der Waals surface area contributed by atoms with Crippen molar-refractivity contribution in [2.75, 3.05) is 0 Å². The second-order valence-electron chi connectivity index (χ2n) is 2.98. The summed E-state index contributed by atoms with van der Waals surface area (Å²) in [7, 11) is 0. The third kappa shape index (κ3) is 2.07. The minimum absolute atomic E-state index is 0.00954. The number of rotatable bonds is 1. The Kier molecular flexibility index (Phi) is 2.55. The van der Waals surface area contributed by atoms with Crippen molar-refractivity contribution in [1.29, 1.82) is 0 Å². The van der Waals surface area contributed by atoms with Gasteiger partial charge in [0.2, 0.25) is 0 Å². The second kappa shape index (κ2) is 3.36. The van der Waals surface area contributed by atoms with Gasteiger partial charge in [-0.25, -0.2) is 0 Å². The summed E-state index contributed by atoms with van der Waals surface area (Å²) < 4.78 is 36.8. The summed E-state index contributed by atoms with van der Waals surface area (Å²) >= 11 is 0. The van der Waals surface area contributed by atoms with Gasteiger partial charge in [0, 0.05) is 0 Å². The van der Waals surface area contributed by atoms with E-state index in [2.05, 4.69) is 6.58 Å². The van der Waals surface area contributed by atoms with Gasteiger partial charge in [0.25, 0.3) is 0 Å². The van der Waals surface area contributed by atoms with Crippen molar-refractivity contribution in [2.24, 2.45) is 0 Å². The quantitative estimate of drug-likeness (QED) is 0.740. The standard InChI is InChI=1S/C10H9F3O/c1-6-5-8(14)3-4-9(6)7(2)10(11,12)13/h3-5,14H,2H2,1H3. The molecule has 0 heterocycles. The first-order valence-corrected chi connectivity index (χ1v) is 3.88. The molecule has 0 aliphatic carbocycles. The van der Waals surface area contributed by atoms with Crippen LogP contribution in [0.15, 0.2) is 24.8 Å². The van der Waals surface area contributed by atoms with E-state index in [1.807, 2.05) is 0 Å². The Morgan fingerprint density at radius 2 is 1.93 bits per heavy atom. The summed E-state index contributed by atoms with van der Waals surface area (Å²) in [5, 5.41) is 9.01. The molecule has 0 aliphatic heterocycles. The Morgan fingerprint density at radius 1 is 1.36 bits per heavy atom. The second-order valence-corrected chi connectivity index (χ2v) is 2.98. The smallest absolute Gasteiger partial charge is 0.416 e. The van der Waals surface area contributed by atoms with E-state index in [1.165, 1.54) is 25.1 Å². The van der Waals surface area contributed by atoms with Crippen molar-refractivity contribution in [3.05, 3.63) is 35.9 Å². The lowest BCUT2D eigenvalue weighted by Crippen LogP contribution is -2.10. The summed E-state index contributed by atoms with van der Waals surface area (Å²) in [5.41, 5.74) is -0.530. The van der Waals surface area contributed by atoms with Crippen LogP contribution in [0.25, 0.3) is 5.57 Å². The van der Waals surface area contributed by atoms with Gasteiger partial charge in [0.05, 0.1) is 5.57 Å². The van der Waals surface area contributed by atoms with Gasteiger partial charge >= 0.3 is 6.18 Å². The van der Waals surface area contributed by atoms with Crippen LogP contribution in [-0.2, 0) is 0 Å². The number of alkyl halides is 3. The summed E-state index contributed by atoms with van der Waals surface area (Å²) in [6, 6.07) is 3.69. The number of aromatic hydroxyl groups is 1. The lowest BCUT2D eigenvalue weighted by Gasteiger charge is -2.12. The van der Waals surface area contributed by atoms with E-state index in [1.54, 1.807) is 0 Å². The summed E-state index contributed by atoms with van der Waals surface area (Å²) in [4.78, 5) is 0. The van der Waals surface area contributed by atoms with Crippen molar-refractivity contribution in [3.63, 3.8) is 0 Å². The van der Waals surface area contributed by atoms with Crippen molar-refractivity contribution in [1.82, 2.24) is 0 Å². The zero-order valence-electron chi connectivity index (χ0n) is 7.52. The maximum Gasteiger partial charge on any atom is 0.416 e. The Bertz CT molecular complexity index is 366. The fraction of sp³-hybridized carbons (Fsp3) is 0.200. The molecule has 0 radical (unpaired) electrons. The molecule has 1 aromatic carbocycles. The summed E-state index contributed by atoms with van der Waals surface area (Å²) in [6.45, 7) is 4.47. The Balaban J connectivity index is 3.15. The first-order valence-electron chi connectivity index (χ1n) is 3.88. The van der Waals surface area contributed by atoms with E-state index >= 15 is 0 Å². The highest BCUT2D eigenvalue weighted by Crippen LogP contribution is 2.34. The number of aryl methyl sites for hydroxylation is 1. The monoisotopic (exact) mass is 202 g/mol. The van der Waals surface area contributed by atoms with Crippen LogP contribution in [0, 0.1) is 6.92 Å². The molecular formula is C10H9F3O. The first kappa shape index (κ1) is 10.6. The van der Waals surface area contributed by atoms with E-state index in [-0.39, 0.29) is 11.3 Å². The van der Waals surface area contributed by atoms with Crippen LogP contribution >= 0.6 is 0 Å². The molecule has 0 aromatic heterocycles. The van der Waals surface area contributed by atoms with Gasteiger partial charge < -0.3 is 5.11 Å². The zero-order chi connectivity index (χ0) is 10.9. The van der Waals surface area contributed by atoms with Crippen LogP contribution in [0.5, 0.6) is 5.75 Å². The molecule has 1 rings (SSSR count). The minimum Gasteiger partial charge on any atom is -0.508 e. The van der Waals surface area contributed by atoms with Crippen molar-refractivity contribution in [2.45, 2.75) is 13.1 Å². The Labute approximate surface area is 79.5 Å². The third-order valence-corrected chi connectivity index (χ3v) is 1.88. The maximum absolute atomic E-state index is 12.3. The van der Waals surface area contributed by atoms with E-state index in [9.17, 15) is 13.2 Å². The van der Waals surface area contributed by atoms with Gasteiger partial charge in [-0.1, -0.05) is 12.6 Å². The number of phenols is 1. The third-order valence-electron chi connectivity index (χ3n) is 1.88. The molecule has 0 atom stereocenters. The molecule has 1 aromatic rings. The summed E-state index contributed by atoms with van der Waals surface area (Å²) in [5.74, 6) is -0.0544. The predicted octanol–water partition coefficient (Wildman–Crippen LogP) is 3.28. The van der Waals surface area contributed by atoms with Crippen LogP contribution < -0.4 is 0 Å². The highest BCUT2D eigenvalue weighted by molar-refractivity contribution is 5.70. The average Bonchev–Trinajstić information content (AvgIpc) is 2.01. The highest BCUT2D eigenvalue weighted by atomic mass is 19.4. The van der Waals surface area contributed by atoms with Crippen LogP contribution in [0.2, 0.25) is 0 Å². The molecule has 76 valence electrons. The van der Waals surface area contributed by atoms with Gasteiger partial charge in [-0.3, -0.25) is 0 Å². The van der Waals surface area contributed by atoms with Crippen molar-refractivity contribution >= 4 is 5.57 Å². The summed E-state index contributed by atoms with van der Waals surface area (Å²) in [6.07, 6.45) is -4.43. The van der Waals surface area contributed by atoms with Crippen LogP contribution in [0.3, 0.4) is 0 Å². The normalized spacial score (nSPS) is 11.4. The lowest BCUT2D eigenvalue weighted by molar-refractivity contribution is -0.0687. The molecule has 0 fully saturated rings. The average molecular weight is 202 g/mol. The molecule has 14 heavy (non-hydrogen) atoms. The number of hydrogen-bond acceptors (Lipinski definition) is 1. The van der Waals surface area contributed by atoms with Crippen LogP contribution in [0.1, 0.15) is 11.1 Å². The van der Waals surface area contributed by atoms with E-state index in [0.29, 0.717) is 5.56 Å². The maximum atomic E-state index is 12.3. The molecule has 0 aliphatic rings. The van der Waals surface area contributed by atoms with Gasteiger partial charge in [0.1, 0.15) is 5.75 Å². The highest BCUT2D eigenvalue weighted by Gasteiger charge is 2.33. The molecule has 4 heteroatoms. The van der Waals surface area contributed by atoms with Crippen LogP contribution in [0.4, 0.5) is 13.2 Å². The molecule has 1 N–H and O–H groups in total. The largest absolute Gasteiger partial charge is 0.508 e. The van der Waals surface area contributed by atoms with E-state index < -0.39 is 11.7 Å². The zero-order valence-corrected chi connectivity index (χ0v) is 7.52. The van der Waals surface area contributed by atoms with Crippen molar-refractivity contribution in [3.8, 4) is 5.75 Å². The Morgan fingerprint density at radius 3 is 2.36 bits per heavy atom. The lowest BCUT2D eigenvalue weighted by atomic mass is 10.0. The van der Waals surface area contributed by atoms with E-state index in [0.717, 1.165) is 0 Å². The molecule has 0 saturated carbocycles. The van der Waals surface area contributed by atoms with E-state index in [4.69, 9.17) is 5.11 Å². The predicted molar refractivity (Wildman–Crippen MR) is 47.9 cm³/mol. The number of halogens is 3. The molecule has 1 nitrogen and oxygen atoms in total. The van der Waals surface area contributed by atoms with Crippen molar-refractivity contribution < 1.29 is 18.3 Å². The SMILES string of the molecule is C=C(c1ccc(O)cc1C)C(F)(F)F. The molecule has 0 spiro atoms. The van der Waals surface area contributed by atoms with Gasteiger partial charge in [0.15, 0.2) is 0 Å². The first-order chi connectivity index (χ1) is 6.32.